The summed E-state index contributed by atoms with van der Waals surface area (Å²) in [6.07, 6.45) is -3.37. The number of halogens is 3. The van der Waals surface area contributed by atoms with Crippen molar-refractivity contribution < 1.29 is 22.5 Å². The van der Waals surface area contributed by atoms with E-state index < -0.39 is 11.7 Å². The van der Waals surface area contributed by atoms with Crippen LogP contribution >= 0.6 is 0 Å². The van der Waals surface area contributed by atoms with Crippen LogP contribution in [0.25, 0.3) is 11.4 Å². The minimum atomic E-state index is -4.45. The van der Waals surface area contributed by atoms with E-state index in [0.29, 0.717) is 18.5 Å². The first-order valence-corrected chi connectivity index (χ1v) is 9.65. The highest BCUT2D eigenvalue weighted by atomic mass is 19.4. The van der Waals surface area contributed by atoms with Gasteiger partial charge >= 0.3 is 6.18 Å². The summed E-state index contributed by atoms with van der Waals surface area (Å²) in [6, 6.07) is 13.8. The van der Waals surface area contributed by atoms with Gasteiger partial charge in [0.2, 0.25) is 11.7 Å². The van der Waals surface area contributed by atoms with E-state index >= 15 is 0 Å². The lowest BCUT2D eigenvalue weighted by Crippen LogP contribution is -2.39. The lowest BCUT2D eigenvalue weighted by Gasteiger charge is -2.28. The van der Waals surface area contributed by atoms with Crippen LogP contribution < -0.4 is 0 Å². The van der Waals surface area contributed by atoms with Gasteiger partial charge in [0.25, 0.3) is 5.91 Å². The van der Waals surface area contributed by atoms with Crippen molar-refractivity contribution in [2.45, 2.75) is 38.9 Å². The topological polar surface area (TPSA) is 59.2 Å². The van der Waals surface area contributed by atoms with E-state index in [1.807, 2.05) is 19.9 Å². The molecule has 2 aromatic carbocycles. The Kier molecular flexibility index (Phi) is 6.54. The summed E-state index contributed by atoms with van der Waals surface area (Å²) in [4.78, 5) is 18.8. The van der Waals surface area contributed by atoms with Gasteiger partial charge in [0.15, 0.2) is 0 Å². The molecular formula is C22H22F3N3O2. The van der Waals surface area contributed by atoms with E-state index in [9.17, 15) is 18.0 Å². The van der Waals surface area contributed by atoms with E-state index in [1.165, 1.54) is 12.1 Å². The first-order chi connectivity index (χ1) is 14.3. The van der Waals surface area contributed by atoms with Crippen LogP contribution in [0, 0.1) is 0 Å². The Labute approximate surface area is 172 Å². The van der Waals surface area contributed by atoms with Crippen molar-refractivity contribution in [3.63, 3.8) is 0 Å². The van der Waals surface area contributed by atoms with Crippen LogP contribution in [0.3, 0.4) is 0 Å². The number of carbonyl (C=O) groups is 1. The average Bonchev–Trinajstić information content (AvgIpc) is 3.22. The molecule has 0 aliphatic rings. The molecule has 30 heavy (non-hydrogen) atoms. The van der Waals surface area contributed by atoms with Crippen molar-refractivity contribution in [2.24, 2.45) is 0 Å². The highest BCUT2D eigenvalue weighted by molar-refractivity contribution is 5.94. The third-order valence-electron chi connectivity index (χ3n) is 4.89. The lowest BCUT2D eigenvalue weighted by molar-refractivity contribution is -0.137. The number of carbonyl (C=O) groups excluding carboxylic acids is 1. The van der Waals surface area contributed by atoms with Crippen molar-refractivity contribution in [3.8, 4) is 11.4 Å². The number of alkyl halides is 3. The summed E-state index contributed by atoms with van der Waals surface area (Å²) < 4.78 is 44.0. The molecule has 8 heteroatoms. The maximum absolute atomic E-state index is 12.9. The monoisotopic (exact) mass is 417 g/mol. The van der Waals surface area contributed by atoms with Crippen LogP contribution in [-0.4, -0.2) is 33.5 Å². The van der Waals surface area contributed by atoms with E-state index in [1.54, 1.807) is 29.2 Å². The molecule has 1 aromatic heterocycles. The molecule has 1 atom stereocenters. The highest BCUT2D eigenvalue weighted by Gasteiger charge is 2.31. The summed E-state index contributed by atoms with van der Waals surface area (Å²) >= 11 is 0. The van der Waals surface area contributed by atoms with E-state index in [0.717, 1.165) is 18.6 Å². The smallest absolute Gasteiger partial charge is 0.339 e. The molecule has 158 valence electrons. The molecule has 3 rings (SSSR count). The van der Waals surface area contributed by atoms with Crippen molar-refractivity contribution in [1.29, 1.82) is 0 Å². The first kappa shape index (κ1) is 21.5. The van der Waals surface area contributed by atoms with Gasteiger partial charge in [-0.2, -0.15) is 18.2 Å². The predicted octanol–water partition coefficient (Wildman–Crippen LogP) is 5.24. The van der Waals surface area contributed by atoms with Gasteiger partial charge in [-0.05, 0) is 37.6 Å². The normalized spacial score (nSPS) is 12.6. The summed E-state index contributed by atoms with van der Waals surface area (Å²) in [6.45, 7) is 4.31. The molecule has 0 aliphatic carbocycles. The van der Waals surface area contributed by atoms with Crippen LogP contribution in [0.2, 0.25) is 0 Å². The summed E-state index contributed by atoms with van der Waals surface area (Å²) in [5.41, 5.74) is 0.0368. The van der Waals surface area contributed by atoms with E-state index in [4.69, 9.17) is 4.52 Å². The fraction of sp³-hybridized carbons (Fsp3) is 0.318. The molecule has 0 N–H and O–H groups in total. The molecule has 0 saturated carbocycles. The SMILES string of the molecule is CC[C@H](C)N(CCc1nc(-c2cccc(C(F)(F)F)c2)no1)C(=O)c1ccccc1. The Morgan fingerprint density at radius 3 is 2.53 bits per heavy atom. The maximum atomic E-state index is 12.9. The molecule has 0 radical (unpaired) electrons. The van der Waals surface area contributed by atoms with Gasteiger partial charge < -0.3 is 9.42 Å². The van der Waals surface area contributed by atoms with Gasteiger partial charge in [-0.25, -0.2) is 0 Å². The second-order valence-electron chi connectivity index (χ2n) is 6.96. The predicted molar refractivity (Wildman–Crippen MR) is 106 cm³/mol. The Hall–Kier alpha value is -3.16. The molecule has 3 aromatic rings. The van der Waals surface area contributed by atoms with Gasteiger partial charge in [0.05, 0.1) is 5.56 Å². The van der Waals surface area contributed by atoms with Crippen LogP contribution in [0.15, 0.2) is 59.1 Å². The number of aromatic nitrogens is 2. The zero-order valence-electron chi connectivity index (χ0n) is 16.7. The Morgan fingerprint density at radius 2 is 1.87 bits per heavy atom. The molecule has 0 aliphatic heterocycles. The molecule has 0 unspecified atom stereocenters. The Morgan fingerprint density at radius 1 is 1.13 bits per heavy atom. The zero-order valence-corrected chi connectivity index (χ0v) is 16.7. The molecule has 5 nitrogen and oxygen atoms in total. The van der Waals surface area contributed by atoms with Crippen LogP contribution in [0.1, 0.15) is 42.1 Å². The minimum absolute atomic E-state index is 0.00330. The van der Waals surface area contributed by atoms with Gasteiger partial charge in [0.1, 0.15) is 0 Å². The quantitative estimate of drug-likeness (QED) is 0.528. The highest BCUT2D eigenvalue weighted by Crippen LogP contribution is 2.31. The number of benzene rings is 2. The fourth-order valence-corrected chi connectivity index (χ4v) is 3.01. The van der Waals surface area contributed by atoms with Gasteiger partial charge in [-0.1, -0.05) is 42.4 Å². The Balaban J connectivity index is 1.74. The molecule has 1 heterocycles. The summed E-state index contributed by atoms with van der Waals surface area (Å²) in [5.74, 6) is 0.250. The molecule has 0 fully saturated rings. The van der Waals surface area contributed by atoms with Crippen LogP contribution in [0.5, 0.6) is 0 Å². The molecule has 0 bridgehead atoms. The second-order valence-corrected chi connectivity index (χ2v) is 6.96. The van der Waals surface area contributed by atoms with Gasteiger partial charge in [0, 0.05) is 30.1 Å². The number of nitrogens with zero attached hydrogens (tertiary/aromatic N) is 3. The van der Waals surface area contributed by atoms with Gasteiger partial charge in [-0.15, -0.1) is 0 Å². The van der Waals surface area contributed by atoms with Crippen LogP contribution in [-0.2, 0) is 12.6 Å². The Bertz CT molecular complexity index is 987. The number of rotatable bonds is 7. The van der Waals surface area contributed by atoms with E-state index in [-0.39, 0.29) is 29.2 Å². The fourth-order valence-electron chi connectivity index (χ4n) is 3.01. The third kappa shape index (κ3) is 5.06. The molecular weight excluding hydrogens is 395 g/mol. The molecule has 1 amide bonds. The number of hydrogen-bond donors (Lipinski definition) is 0. The minimum Gasteiger partial charge on any atom is -0.339 e. The second kappa shape index (κ2) is 9.11. The zero-order chi connectivity index (χ0) is 21.7. The van der Waals surface area contributed by atoms with Crippen molar-refractivity contribution in [3.05, 3.63) is 71.6 Å². The van der Waals surface area contributed by atoms with Gasteiger partial charge in [-0.3, -0.25) is 4.79 Å². The van der Waals surface area contributed by atoms with E-state index in [2.05, 4.69) is 10.1 Å². The van der Waals surface area contributed by atoms with Crippen molar-refractivity contribution in [2.75, 3.05) is 6.54 Å². The number of hydrogen-bond acceptors (Lipinski definition) is 4. The largest absolute Gasteiger partial charge is 0.416 e. The summed E-state index contributed by atoms with van der Waals surface area (Å²) in [5, 5.41) is 3.80. The average molecular weight is 417 g/mol. The number of amides is 1. The standard InChI is InChI=1S/C22H22F3N3O2/c1-3-15(2)28(21(29)16-8-5-4-6-9-16)13-12-19-26-20(27-30-19)17-10-7-11-18(14-17)22(23,24)25/h4-11,14-15H,3,12-13H2,1-2H3/t15-/m0/s1. The molecule has 0 saturated heterocycles. The first-order valence-electron chi connectivity index (χ1n) is 9.65. The van der Waals surface area contributed by atoms with Crippen molar-refractivity contribution >= 4 is 5.91 Å². The maximum Gasteiger partial charge on any atom is 0.416 e. The lowest BCUT2D eigenvalue weighted by atomic mass is 10.1. The molecule has 0 spiro atoms. The van der Waals surface area contributed by atoms with Crippen LogP contribution in [0.4, 0.5) is 13.2 Å². The van der Waals surface area contributed by atoms with Crippen molar-refractivity contribution in [1.82, 2.24) is 15.0 Å². The third-order valence-corrected chi connectivity index (χ3v) is 4.89. The summed E-state index contributed by atoms with van der Waals surface area (Å²) in [7, 11) is 0.